The SMILES string of the molecule is C=CCC1C(=O)C[C@H](O[Si](C)(C)C(C)(C)C)[C@@H]1c1ccc(C(CCCCC)O[Si](C)(C)C(C)(C)C)cc1. The minimum absolute atomic E-state index is 0.0537. The molecule has 1 aliphatic rings. The van der Waals surface area contributed by atoms with Gasteiger partial charge in [0.05, 0.1) is 12.2 Å². The molecule has 210 valence electrons. The van der Waals surface area contributed by atoms with Gasteiger partial charge in [0.25, 0.3) is 0 Å². The number of Topliss-reactive ketones (excluding diaryl/α,β-unsaturated/α-hetero) is 1. The Kier molecular flexibility index (Phi) is 10.8. The first-order valence-electron chi connectivity index (χ1n) is 14.5. The fourth-order valence-electron chi connectivity index (χ4n) is 4.85. The van der Waals surface area contributed by atoms with Crippen molar-refractivity contribution < 1.29 is 13.6 Å². The number of ketones is 1. The standard InChI is InChI=1S/C32H56O3Si2/c1-13-15-16-18-28(34-36(9,10)31(3,4)5)24-19-21-25(22-20-24)30-26(17-14-2)27(33)23-29(30)35-37(11,12)32(6,7)8/h14,19-22,26,28-30H,2,13,15-18,23H2,1,3-12H3/t26?,28?,29-,30+/m0/s1. The highest BCUT2D eigenvalue weighted by atomic mass is 28.4. The summed E-state index contributed by atoms with van der Waals surface area (Å²) in [4.78, 5) is 13.1. The molecule has 0 amide bonds. The van der Waals surface area contributed by atoms with E-state index in [4.69, 9.17) is 8.85 Å². The molecule has 1 fully saturated rings. The molecule has 0 aromatic heterocycles. The molecule has 1 saturated carbocycles. The van der Waals surface area contributed by atoms with Crippen LogP contribution in [-0.2, 0) is 13.6 Å². The molecule has 4 atom stereocenters. The van der Waals surface area contributed by atoms with E-state index in [0.29, 0.717) is 18.6 Å². The summed E-state index contributed by atoms with van der Waals surface area (Å²) in [5.74, 6) is 0.340. The topological polar surface area (TPSA) is 35.5 Å². The molecule has 1 aliphatic carbocycles. The Bertz CT molecular complexity index is 890. The number of carbonyl (C=O) groups excluding carboxylic acids is 1. The van der Waals surface area contributed by atoms with Crippen molar-refractivity contribution >= 4 is 22.4 Å². The van der Waals surface area contributed by atoms with E-state index in [-0.39, 0.29) is 34.1 Å². The zero-order chi connectivity index (χ0) is 28.2. The van der Waals surface area contributed by atoms with Gasteiger partial charge in [0.15, 0.2) is 16.6 Å². The van der Waals surface area contributed by atoms with Crippen molar-refractivity contribution in [3.8, 4) is 0 Å². The number of allylic oxidation sites excluding steroid dienone is 1. The normalized spacial score (nSPS) is 22.4. The van der Waals surface area contributed by atoms with E-state index in [0.717, 1.165) is 6.42 Å². The van der Waals surface area contributed by atoms with Gasteiger partial charge in [-0.25, -0.2) is 0 Å². The van der Waals surface area contributed by atoms with E-state index in [2.05, 4.69) is 105 Å². The van der Waals surface area contributed by atoms with E-state index >= 15 is 0 Å². The molecule has 2 rings (SSSR count). The summed E-state index contributed by atoms with van der Waals surface area (Å²) in [6, 6.07) is 9.02. The fourth-order valence-corrected chi connectivity index (χ4v) is 7.51. The Morgan fingerprint density at radius 3 is 2.03 bits per heavy atom. The second-order valence-electron chi connectivity index (χ2n) is 14.3. The van der Waals surface area contributed by atoms with Gasteiger partial charge in [0.2, 0.25) is 0 Å². The number of unbranched alkanes of at least 4 members (excludes halogenated alkanes) is 2. The highest BCUT2D eigenvalue weighted by Gasteiger charge is 2.48. The predicted octanol–water partition coefficient (Wildman–Crippen LogP) is 9.97. The molecule has 37 heavy (non-hydrogen) atoms. The highest BCUT2D eigenvalue weighted by molar-refractivity contribution is 6.74. The predicted molar refractivity (Wildman–Crippen MR) is 164 cm³/mol. The molecular weight excluding hydrogens is 489 g/mol. The van der Waals surface area contributed by atoms with Crippen LogP contribution >= 0.6 is 0 Å². The van der Waals surface area contributed by atoms with Crippen LogP contribution in [0, 0.1) is 5.92 Å². The van der Waals surface area contributed by atoms with Gasteiger partial charge in [-0.2, -0.15) is 0 Å². The zero-order valence-corrected chi connectivity index (χ0v) is 27.9. The number of hydrogen-bond acceptors (Lipinski definition) is 3. The van der Waals surface area contributed by atoms with Crippen molar-refractivity contribution in [2.75, 3.05) is 0 Å². The third kappa shape index (κ3) is 8.00. The molecule has 2 unspecified atom stereocenters. The molecule has 3 nitrogen and oxygen atoms in total. The molecule has 0 N–H and O–H groups in total. The zero-order valence-electron chi connectivity index (χ0n) is 25.9. The average molecular weight is 545 g/mol. The Balaban J connectivity index is 2.39. The van der Waals surface area contributed by atoms with E-state index in [1.165, 1.54) is 30.4 Å². The van der Waals surface area contributed by atoms with Gasteiger partial charge in [-0.3, -0.25) is 4.79 Å². The van der Waals surface area contributed by atoms with Crippen molar-refractivity contribution in [1.29, 1.82) is 0 Å². The van der Waals surface area contributed by atoms with Crippen LogP contribution < -0.4 is 0 Å². The Morgan fingerprint density at radius 1 is 0.973 bits per heavy atom. The molecule has 0 aliphatic heterocycles. The summed E-state index contributed by atoms with van der Waals surface area (Å²) in [7, 11) is -3.92. The maximum Gasteiger partial charge on any atom is 0.192 e. The number of hydrogen-bond donors (Lipinski definition) is 0. The highest BCUT2D eigenvalue weighted by Crippen LogP contribution is 2.47. The van der Waals surface area contributed by atoms with E-state index in [1.807, 2.05) is 6.08 Å². The maximum absolute atomic E-state index is 13.1. The smallest absolute Gasteiger partial charge is 0.192 e. The Morgan fingerprint density at radius 2 is 1.54 bits per heavy atom. The van der Waals surface area contributed by atoms with E-state index in [9.17, 15) is 4.79 Å². The van der Waals surface area contributed by atoms with Crippen LogP contribution in [0.25, 0.3) is 0 Å². The quantitative estimate of drug-likeness (QED) is 0.149. The first-order valence-corrected chi connectivity index (χ1v) is 20.4. The molecule has 0 heterocycles. The lowest BCUT2D eigenvalue weighted by molar-refractivity contribution is -0.121. The van der Waals surface area contributed by atoms with Crippen LogP contribution in [0.1, 0.15) is 110 Å². The average Bonchev–Trinajstić information content (AvgIpc) is 3.06. The summed E-state index contributed by atoms with van der Waals surface area (Å²) in [6.45, 7) is 29.2. The lowest BCUT2D eigenvalue weighted by Gasteiger charge is -2.40. The summed E-state index contributed by atoms with van der Waals surface area (Å²) in [6.07, 6.45) is 7.84. The van der Waals surface area contributed by atoms with E-state index < -0.39 is 16.6 Å². The lowest BCUT2D eigenvalue weighted by Crippen LogP contribution is -2.44. The molecule has 0 spiro atoms. The first-order chi connectivity index (χ1) is 16.9. The number of benzene rings is 1. The molecule has 1 aromatic carbocycles. The van der Waals surface area contributed by atoms with Gasteiger partial charge in [-0.15, -0.1) is 6.58 Å². The van der Waals surface area contributed by atoms with Gasteiger partial charge in [0.1, 0.15) is 5.78 Å². The summed E-state index contributed by atoms with van der Waals surface area (Å²) < 4.78 is 13.8. The van der Waals surface area contributed by atoms with Crippen molar-refractivity contribution in [1.82, 2.24) is 0 Å². The van der Waals surface area contributed by atoms with Gasteiger partial charge in [0, 0.05) is 18.3 Å². The molecule has 0 radical (unpaired) electrons. The van der Waals surface area contributed by atoms with Crippen LogP contribution in [0.3, 0.4) is 0 Å². The van der Waals surface area contributed by atoms with Crippen molar-refractivity contribution in [2.45, 2.75) is 141 Å². The number of carbonyl (C=O) groups is 1. The van der Waals surface area contributed by atoms with Crippen molar-refractivity contribution in [3.63, 3.8) is 0 Å². The number of rotatable bonds is 12. The fraction of sp³-hybridized carbons (Fsp3) is 0.719. The molecule has 0 bridgehead atoms. The molecule has 0 saturated heterocycles. The Hall–Kier alpha value is -1.02. The van der Waals surface area contributed by atoms with Crippen LogP contribution in [0.4, 0.5) is 0 Å². The summed E-state index contributed by atoms with van der Waals surface area (Å²) >= 11 is 0. The molecular formula is C32H56O3Si2. The Labute approximate surface area is 231 Å². The molecule has 5 heteroatoms. The second kappa shape index (κ2) is 12.4. The summed E-state index contributed by atoms with van der Waals surface area (Å²) in [5.41, 5.74) is 2.47. The monoisotopic (exact) mass is 544 g/mol. The first kappa shape index (κ1) is 32.2. The largest absolute Gasteiger partial charge is 0.413 e. The van der Waals surface area contributed by atoms with Crippen LogP contribution in [-0.4, -0.2) is 28.5 Å². The molecule has 1 aromatic rings. The van der Waals surface area contributed by atoms with Crippen molar-refractivity contribution in [2.24, 2.45) is 5.92 Å². The van der Waals surface area contributed by atoms with Crippen LogP contribution in [0.2, 0.25) is 36.3 Å². The lowest BCUT2D eigenvalue weighted by atomic mass is 9.84. The van der Waals surface area contributed by atoms with Crippen LogP contribution in [0.15, 0.2) is 36.9 Å². The van der Waals surface area contributed by atoms with Gasteiger partial charge >= 0.3 is 0 Å². The maximum atomic E-state index is 13.1. The minimum atomic E-state index is -2.01. The van der Waals surface area contributed by atoms with E-state index in [1.54, 1.807) is 0 Å². The van der Waals surface area contributed by atoms with Gasteiger partial charge in [-0.1, -0.05) is 98.1 Å². The third-order valence-electron chi connectivity index (χ3n) is 9.33. The summed E-state index contributed by atoms with van der Waals surface area (Å²) in [5, 5.41) is 0.278. The van der Waals surface area contributed by atoms with Gasteiger partial charge < -0.3 is 8.85 Å². The minimum Gasteiger partial charge on any atom is -0.413 e. The second-order valence-corrected chi connectivity index (χ2v) is 23.8. The van der Waals surface area contributed by atoms with Crippen molar-refractivity contribution in [3.05, 3.63) is 48.0 Å². The van der Waals surface area contributed by atoms with Gasteiger partial charge in [-0.05, 0) is 60.2 Å². The van der Waals surface area contributed by atoms with Crippen LogP contribution in [0.5, 0.6) is 0 Å². The third-order valence-corrected chi connectivity index (χ3v) is 18.3.